The average Bonchev–Trinajstić information content (AvgIpc) is 2.67. The van der Waals surface area contributed by atoms with E-state index in [1.54, 1.807) is 0 Å². The molecular formula is C13H21N3O. The zero-order chi connectivity index (χ0) is 12.3. The van der Waals surface area contributed by atoms with Crippen LogP contribution in [0.15, 0.2) is 6.07 Å². The smallest absolute Gasteiger partial charge is 0.129 e. The maximum absolute atomic E-state index is 5.81. The minimum atomic E-state index is 0.145. The highest BCUT2D eigenvalue weighted by molar-refractivity contribution is 5.11. The lowest BCUT2D eigenvalue weighted by Crippen LogP contribution is -2.19. The Morgan fingerprint density at radius 2 is 2.35 bits per heavy atom. The van der Waals surface area contributed by atoms with E-state index in [2.05, 4.69) is 9.97 Å². The van der Waals surface area contributed by atoms with Crippen LogP contribution in [-0.4, -0.2) is 29.2 Å². The Morgan fingerprint density at radius 1 is 1.53 bits per heavy atom. The molecule has 0 saturated carbocycles. The standard InChI is InChI=1S/C13H21N3O/c1-9(14)5-12-6-10(2)15-13(16-12)7-11-3-4-17-8-11/h6,9,11H,3-5,7-8,14H2,1-2H3. The highest BCUT2D eigenvalue weighted by Gasteiger charge is 2.17. The van der Waals surface area contributed by atoms with Crippen molar-refractivity contribution in [3.8, 4) is 0 Å². The summed E-state index contributed by atoms with van der Waals surface area (Å²) in [6.07, 6.45) is 2.87. The van der Waals surface area contributed by atoms with Gasteiger partial charge in [-0.05, 0) is 32.3 Å². The van der Waals surface area contributed by atoms with Crippen LogP contribution in [0.2, 0.25) is 0 Å². The predicted octanol–water partition coefficient (Wildman–Crippen LogP) is 1.25. The molecule has 2 N–H and O–H groups in total. The monoisotopic (exact) mass is 235 g/mol. The van der Waals surface area contributed by atoms with E-state index in [1.165, 1.54) is 0 Å². The van der Waals surface area contributed by atoms with Gasteiger partial charge in [0.25, 0.3) is 0 Å². The first-order valence-electron chi connectivity index (χ1n) is 6.30. The molecule has 4 heteroatoms. The summed E-state index contributed by atoms with van der Waals surface area (Å²) >= 11 is 0. The highest BCUT2D eigenvalue weighted by atomic mass is 16.5. The molecule has 4 nitrogen and oxygen atoms in total. The SMILES string of the molecule is Cc1cc(CC(C)N)nc(CC2CCOC2)n1. The average molecular weight is 235 g/mol. The molecule has 1 aromatic rings. The van der Waals surface area contributed by atoms with Gasteiger partial charge in [0.1, 0.15) is 5.82 Å². The second-order valence-electron chi connectivity index (χ2n) is 5.03. The van der Waals surface area contributed by atoms with E-state index in [-0.39, 0.29) is 6.04 Å². The van der Waals surface area contributed by atoms with Crippen LogP contribution in [0.5, 0.6) is 0 Å². The van der Waals surface area contributed by atoms with Crippen LogP contribution in [-0.2, 0) is 17.6 Å². The molecule has 2 rings (SSSR count). The molecule has 0 bridgehead atoms. The third-order valence-corrected chi connectivity index (χ3v) is 2.98. The molecule has 1 aromatic heterocycles. The van der Waals surface area contributed by atoms with Crippen LogP contribution >= 0.6 is 0 Å². The topological polar surface area (TPSA) is 61.0 Å². The van der Waals surface area contributed by atoms with E-state index in [9.17, 15) is 0 Å². The summed E-state index contributed by atoms with van der Waals surface area (Å²) in [7, 11) is 0. The predicted molar refractivity (Wildman–Crippen MR) is 66.8 cm³/mol. The number of aromatic nitrogens is 2. The number of nitrogens with two attached hydrogens (primary N) is 1. The normalized spacial score (nSPS) is 21.7. The fourth-order valence-electron chi connectivity index (χ4n) is 2.23. The van der Waals surface area contributed by atoms with Gasteiger partial charge in [0.2, 0.25) is 0 Å². The number of hydrogen-bond donors (Lipinski definition) is 1. The minimum absolute atomic E-state index is 0.145. The Labute approximate surface area is 103 Å². The molecule has 1 fully saturated rings. The molecule has 0 aliphatic carbocycles. The number of ether oxygens (including phenoxy) is 1. The van der Waals surface area contributed by atoms with Crippen LogP contribution < -0.4 is 5.73 Å². The maximum Gasteiger partial charge on any atom is 0.129 e. The second-order valence-corrected chi connectivity index (χ2v) is 5.03. The molecule has 2 atom stereocenters. The summed E-state index contributed by atoms with van der Waals surface area (Å²) in [5.41, 5.74) is 7.90. The van der Waals surface area contributed by atoms with Crippen molar-refractivity contribution in [1.29, 1.82) is 0 Å². The van der Waals surface area contributed by atoms with Crippen molar-refractivity contribution in [2.24, 2.45) is 11.7 Å². The van der Waals surface area contributed by atoms with Crippen LogP contribution in [0.4, 0.5) is 0 Å². The van der Waals surface area contributed by atoms with E-state index in [4.69, 9.17) is 10.5 Å². The Kier molecular flexibility index (Phi) is 4.07. The lowest BCUT2D eigenvalue weighted by atomic mass is 10.0. The van der Waals surface area contributed by atoms with Gasteiger partial charge in [-0.25, -0.2) is 9.97 Å². The van der Waals surface area contributed by atoms with Crippen molar-refractivity contribution in [1.82, 2.24) is 9.97 Å². The van der Waals surface area contributed by atoms with Crippen LogP contribution in [0.25, 0.3) is 0 Å². The molecule has 1 aliphatic heterocycles. The number of rotatable bonds is 4. The summed E-state index contributed by atoms with van der Waals surface area (Å²) in [6, 6.07) is 2.17. The summed E-state index contributed by atoms with van der Waals surface area (Å²) in [4.78, 5) is 9.09. The molecule has 1 saturated heterocycles. The molecule has 0 spiro atoms. The molecule has 17 heavy (non-hydrogen) atoms. The first-order chi connectivity index (χ1) is 8.13. The first kappa shape index (κ1) is 12.5. The summed E-state index contributed by atoms with van der Waals surface area (Å²) in [5, 5.41) is 0. The van der Waals surface area contributed by atoms with Gasteiger partial charge < -0.3 is 10.5 Å². The zero-order valence-corrected chi connectivity index (χ0v) is 10.6. The van der Waals surface area contributed by atoms with Gasteiger partial charge in [-0.15, -0.1) is 0 Å². The van der Waals surface area contributed by atoms with Gasteiger partial charge >= 0.3 is 0 Å². The van der Waals surface area contributed by atoms with E-state index in [0.717, 1.165) is 49.7 Å². The molecule has 0 radical (unpaired) electrons. The number of nitrogens with zero attached hydrogens (tertiary/aromatic N) is 2. The van der Waals surface area contributed by atoms with E-state index < -0.39 is 0 Å². The van der Waals surface area contributed by atoms with Gasteiger partial charge in [-0.1, -0.05) is 0 Å². The van der Waals surface area contributed by atoms with Crippen molar-refractivity contribution in [3.05, 3.63) is 23.3 Å². The van der Waals surface area contributed by atoms with Crippen molar-refractivity contribution in [2.45, 2.75) is 39.2 Å². The number of aryl methyl sites for hydroxylation is 1. The third-order valence-electron chi connectivity index (χ3n) is 2.98. The quantitative estimate of drug-likeness (QED) is 0.853. The van der Waals surface area contributed by atoms with Crippen molar-refractivity contribution >= 4 is 0 Å². The zero-order valence-electron chi connectivity index (χ0n) is 10.6. The summed E-state index contributed by atoms with van der Waals surface area (Å²) in [5.74, 6) is 1.52. The molecule has 0 amide bonds. The fourth-order valence-corrected chi connectivity index (χ4v) is 2.23. The van der Waals surface area contributed by atoms with Gasteiger partial charge in [-0.3, -0.25) is 0 Å². The minimum Gasteiger partial charge on any atom is -0.381 e. The number of hydrogen-bond acceptors (Lipinski definition) is 4. The Bertz CT molecular complexity index is 373. The molecule has 2 heterocycles. The molecule has 94 valence electrons. The first-order valence-corrected chi connectivity index (χ1v) is 6.30. The largest absolute Gasteiger partial charge is 0.381 e. The molecular weight excluding hydrogens is 214 g/mol. The van der Waals surface area contributed by atoms with Gasteiger partial charge in [-0.2, -0.15) is 0 Å². The molecule has 2 unspecified atom stereocenters. The van der Waals surface area contributed by atoms with Gasteiger partial charge in [0, 0.05) is 43.5 Å². The van der Waals surface area contributed by atoms with Crippen molar-refractivity contribution in [3.63, 3.8) is 0 Å². The molecule has 0 aromatic carbocycles. The lowest BCUT2D eigenvalue weighted by molar-refractivity contribution is 0.185. The second kappa shape index (κ2) is 5.56. The Balaban J connectivity index is 2.07. The summed E-state index contributed by atoms with van der Waals surface area (Å²) in [6.45, 7) is 5.74. The fraction of sp³-hybridized carbons (Fsp3) is 0.692. The van der Waals surface area contributed by atoms with Gasteiger partial charge in [0.05, 0.1) is 0 Å². The van der Waals surface area contributed by atoms with Crippen LogP contribution in [0.1, 0.15) is 30.6 Å². The van der Waals surface area contributed by atoms with Crippen molar-refractivity contribution in [2.75, 3.05) is 13.2 Å². The summed E-state index contributed by atoms with van der Waals surface area (Å²) < 4.78 is 5.38. The van der Waals surface area contributed by atoms with Gasteiger partial charge in [0.15, 0.2) is 0 Å². The van der Waals surface area contributed by atoms with Crippen LogP contribution in [0.3, 0.4) is 0 Å². The Morgan fingerprint density at radius 3 is 3.00 bits per heavy atom. The third kappa shape index (κ3) is 3.75. The van der Waals surface area contributed by atoms with Crippen molar-refractivity contribution < 1.29 is 4.74 Å². The highest BCUT2D eigenvalue weighted by Crippen LogP contribution is 2.17. The van der Waals surface area contributed by atoms with E-state index in [1.807, 2.05) is 19.9 Å². The maximum atomic E-state index is 5.81. The van der Waals surface area contributed by atoms with E-state index in [0.29, 0.717) is 5.92 Å². The lowest BCUT2D eigenvalue weighted by Gasteiger charge is -2.10. The Hall–Kier alpha value is -1.00. The van der Waals surface area contributed by atoms with E-state index >= 15 is 0 Å². The van der Waals surface area contributed by atoms with Crippen LogP contribution in [0, 0.1) is 12.8 Å². The molecule has 1 aliphatic rings.